The number of aromatic nitrogens is 1. The highest BCUT2D eigenvalue weighted by molar-refractivity contribution is 7.13. The van der Waals surface area contributed by atoms with E-state index in [1.807, 2.05) is 76.5 Å². The summed E-state index contributed by atoms with van der Waals surface area (Å²) in [7, 11) is 0. The van der Waals surface area contributed by atoms with Gasteiger partial charge in [-0.3, -0.25) is 19.2 Å². The molecule has 1 saturated carbocycles. The third kappa shape index (κ3) is 11.4. The van der Waals surface area contributed by atoms with Crippen LogP contribution in [0.4, 0.5) is 0 Å². The highest BCUT2D eigenvalue weighted by Gasteiger charge is 2.53. The number of rotatable bonds is 17. The third-order valence-electron chi connectivity index (χ3n) is 11.3. The van der Waals surface area contributed by atoms with Crippen LogP contribution in [0.2, 0.25) is 0 Å². The number of carbonyl (C=O) groups excluding carboxylic acids is 4. The molecule has 11 nitrogen and oxygen atoms in total. The number of hydrogen-bond acceptors (Lipinski definition) is 8. The van der Waals surface area contributed by atoms with Gasteiger partial charge in [0.05, 0.1) is 22.2 Å². The van der Waals surface area contributed by atoms with Crippen LogP contribution < -0.4 is 20.7 Å². The zero-order valence-corrected chi connectivity index (χ0v) is 36.1. The Morgan fingerprint density at radius 3 is 2.28 bits per heavy atom. The van der Waals surface area contributed by atoms with E-state index in [1.54, 1.807) is 28.4 Å². The molecule has 12 heteroatoms. The molecule has 2 aromatic carbocycles. The van der Waals surface area contributed by atoms with E-state index in [-0.39, 0.29) is 53.2 Å². The molecule has 0 spiro atoms. The summed E-state index contributed by atoms with van der Waals surface area (Å²) >= 11 is 1.60. The molecule has 3 aromatic rings. The molecule has 2 aliphatic rings. The Labute approximate surface area is 343 Å². The molecule has 3 atom stereocenters. The molecule has 1 aliphatic heterocycles. The van der Waals surface area contributed by atoms with Crippen LogP contribution in [0, 0.1) is 23.2 Å². The van der Waals surface area contributed by atoms with Crippen LogP contribution in [-0.2, 0) is 25.7 Å². The monoisotopic (exact) mass is 801 g/mol. The summed E-state index contributed by atoms with van der Waals surface area (Å²) in [5, 5.41) is 9.15. The standard InChI is InChI=1S/C45H63N5O6S/c1-29(56-34-21-19-33(20-22-34)39(52)49-42-44(6,7)27-45(42,8)9)13-10-11-24-55-26-36(51)48-38(43(3,4)5)41(54)50-23-12-14-35(50)40(53)46-25-31-15-17-32(18-16-31)37-30(2)47-28-57-37/h15-22,28-29,35,38,42H,10-14,23-27H2,1-9H3,(H,46,53)(H,48,51)(H,49,52)/t29-,35-,38+/m0/s1. The van der Waals surface area contributed by atoms with Crippen molar-refractivity contribution in [2.24, 2.45) is 16.2 Å². The smallest absolute Gasteiger partial charge is 0.251 e. The molecule has 57 heavy (non-hydrogen) atoms. The van der Waals surface area contributed by atoms with Crippen molar-refractivity contribution in [3.05, 3.63) is 70.9 Å². The number of unbranched alkanes of at least 4 members (excludes halogenated alkanes) is 1. The number of ether oxygens (including phenoxy) is 2. The van der Waals surface area contributed by atoms with Gasteiger partial charge in [-0.25, -0.2) is 4.98 Å². The predicted molar refractivity (Wildman–Crippen MR) is 225 cm³/mol. The normalized spacial score (nSPS) is 18.6. The first-order valence-corrected chi connectivity index (χ1v) is 21.3. The summed E-state index contributed by atoms with van der Waals surface area (Å²) in [6.07, 6.45) is 4.72. The van der Waals surface area contributed by atoms with Crippen molar-refractivity contribution in [2.75, 3.05) is 19.8 Å². The molecule has 5 rings (SSSR count). The first-order chi connectivity index (χ1) is 26.9. The lowest BCUT2D eigenvalue weighted by Crippen LogP contribution is -2.63. The van der Waals surface area contributed by atoms with E-state index in [9.17, 15) is 19.2 Å². The fraction of sp³-hybridized carbons (Fsp3) is 0.578. The highest BCUT2D eigenvalue weighted by atomic mass is 32.1. The number of aryl methyl sites for hydroxylation is 1. The van der Waals surface area contributed by atoms with Gasteiger partial charge in [-0.15, -0.1) is 11.3 Å². The van der Waals surface area contributed by atoms with E-state index in [0.29, 0.717) is 43.9 Å². The van der Waals surface area contributed by atoms with Crippen LogP contribution in [0.5, 0.6) is 5.75 Å². The van der Waals surface area contributed by atoms with Crippen LogP contribution in [0.1, 0.15) is 116 Å². The maximum atomic E-state index is 13.9. The average Bonchev–Trinajstić information content (AvgIpc) is 3.82. The largest absolute Gasteiger partial charge is 0.491 e. The number of amides is 4. The average molecular weight is 802 g/mol. The molecule has 1 aliphatic carbocycles. The Kier molecular flexibility index (Phi) is 14.2. The van der Waals surface area contributed by atoms with Crippen molar-refractivity contribution < 1.29 is 28.7 Å². The number of hydrogen-bond donors (Lipinski definition) is 3. The molecular weight excluding hydrogens is 739 g/mol. The Morgan fingerprint density at radius 1 is 0.982 bits per heavy atom. The fourth-order valence-corrected chi connectivity index (χ4v) is 9.48. The lowest BCUT2D eigenvalue weighted by Gasteiger charge is -2.57. The second-order valence-electron chi connectivity index (χ2n) is 18.3. The van der Waals surface area contributed by atoms with Gasteiger partial charge in [0.25, 0.3) is 5.91 Å². The van der Waals surface area contributed by atoms with E-state index in [0.717, 1.165) is 47.4 Å². The SMILES string of the molecule is Cc1ncsc1-c1ccc(CNC(=O)[C@@H]2CCCN2C(=O)[C@@H](NC(=O)COCCCC[C@H](C)Oc2ccc(C(=O)NC3C(C)(C)CC3(C)C)cc2)C(C)(C)C)cc1. The minimum absolute atomic E-state index is 0.0370. The van der Waals surface area contributed by atoms with Crippen molar-refractivity contribution in [3.8, 4) is 16.2 Å². The summed E-state index contributed by atoms with van der Waals surface area (Å²) in [4.78, 5) is 60.3. The fourth-order valence-electron chi connectivity index (χ4n) is 8.67. The number of benzene rings is 2. The van der Waals surface area contributed by atoms with Crippen molar-refractivity contribution >= 4 is 35.0 Å². The molecule has 1 saturated heterocycles. The molecule has 0 unspecified atom stereocenters. The molecule has 0 bridgehead atoms. The topological polar surface area (TPSA) is 139 Å². The van der Waals surface area contributed by atoms with Crippen molar-refractivity contribution in [2.45, 2.75) is 132 Å². The van der Waals surface area contributed by atoms with Crippen molar-refractivity contribution in [1.29, 1.82) is 0 Å². The zero-order chi connectivity index (χ0) is 41.5. The molecule has 4 amide bonds. The Morgan fingerprint density at radius 2 is 1.67 bits per heavy atom. The van der Waals surface area contributed by atoms with Crippen molar-refractivity contribution in [1.82, 2.24) is 25.8 Å². The Hall–Kier alpha value is -4.29. The second-order valence-corrected chi connectivity index (χ2v) is 19.2. The van der Waals surface area contributed by atoms with Crippen LogP contribution in [0.15, 0.2) is 54.0 Å². The van der Waals surface area contributed by atoms with E-state index in [4.69, 9.17) is 9.47 Å². The van der Waals surface area contributed by atoms with Crippen LogP contribution in [0.3, 0.4) is 0 Å². The predicted octanol–water partition coefficient (Wildman–Crippen LogP) is 7.47. The van der Waals surface area contributed by atoms with Crippen LogP contribution in [0.25, 0.3) is 10.4 Å². The summed E-state index contributed by atoms with van der Waals surface area (Å²) in [5.74, 6) is -0.169. The van der Waals surface area contributed by atoms with Gasteiger partial charge in [0.15, 0.2) is 0 Å². The quantitative estimate of drug-likeness (QED) is 0.121. The van der Waals surface area contributed by atoms with Crippen molar-refractivity contribution in [3.63, 3.8) is 0 Å². The highest BCUT2D eigenvalue weighted by Crippen LogP contribution is 2.53. The number of nitrogens with zero attached hydrogens (tertiary/aromatic N) is 2. The molecule has 2 fully saturated rings. The number of carbonyl (C=O) groups is 4. The van der Waals surface area contributed by atoms with Gasteiger partial charge in [-0.2, -0.15) is 0 Å². The molecule has 3 N–H and O–H groups in total. The van der Waals surface area contributed by atoms with E-state index in [1.165, 1.54) is 0 Å². The lowest BCUT2D eigenvalue weighted by atomic mass is 9.52. The maximum Gasteiger partial charge on any atom is 0.251 e. The lowest BCUT2D eigenvalue weighted by molar-refractivity contribution is -0.144. The second kappa shape index (κ2) is 18.5. The van der Waals surface area contributed by atoms with Gasteiger partial charge in [0.1, 0.15) is 24.4 Å². The van der Waals surface area contributed by atoms with Crippen LogP contribution in [-0.4, -0.2) is 77.5 Å². The minimum atomic E-state index is -0.812. The molecule has 1 aromatic heterocycles. The minimum Gasteiger partial charge on any atom is -0.491 e. The van der Waals surface area contributed by atoms with Gasteiger partial charge in [0.2, 0.25) is 17.7 Å². The van der Waals surface area contributed by atoms with Gasteiger partial charge >= 0.3 is 0 Å². The van der Waals surface area contributed by atoms with Gasteiger partial charge < -0.3 is 30.3 Å². The van der Waals surface area contributed by atoms with E-state index in [2.05, 4.69) is 48.6 Å². The van der Waals surface area contributed by atoms with Gasteiger partial charge in [-0.1, -0.05) is 72.7 Å². The van der Waals surface area contributed by atoms with Crippen LogP contribution >= 0.6 is 11.3 Å². The summed E-state index contributed by atoms with van der Waals surface area (Å²) < 4.78 is 11.8. The number of likely N-dealkylation sites (tertiary alicyclic amines) is 1. The Balaban J connectivity index is 0.999. The molecule has 2 heterocycles. The summed E-state index contributed by atoms with van der Waals surface area (Å²) in [6.45, 7) is 19.6. The third-order valence-corrected chi connectivity index (χ3v) is 12.2. The number of thiazole rings is 1. The maximum absolute atomic E-state index is 13.9. The van der Waals surface area contributed by atoms with Gasteiger partial charge in [0, 0.05) is 31.3 Å². The Bertz CT molecular complexity index is 1830. The molecule has 0 radical (unpaired) electrons. The van der Waals surface area contributed by atoms with E-state index >= 15 is 0 Å². The first-order valence-electron chi connectivity index (χ1n) is 20.4. The first kappa shape index (κ1) is 43.8. The van der Waals surface area contributed by atoms with E-state index < -0.39 is 17.5 Å². The molecule has 310 valence electrons. The van der Waals surface area contributed by atoms with Gasteiger partial charge in [-0.05, 0) is 104 Å². The summed E-state index contributed by atoms with van der Waals surface area (Å²) in [5.41, 5.74) is 5.10. The number of nitrogens with one attached hydrogen (secondary N) is 3. The summed E-state index contributed by atoms with van der Waals surface area (Å²) in [6, 6.07) is 14.1. The molecular formula is C45H63N5O6S. The zero-order valence-electron chi connectivity index (χ0n) is 35.3.